The Balaban J connectivity index is 3.51. The first-order valence-electron chi connectivity index (χ1n) is 2.33. The largest absolute Gasteiger partial charge is 0.390 e. The maximum atomic E-state index is 8.66. The SMILES string of the molecule is C=C[C@@H](OO)[C@@H](C)O. The van der Waals surface area contributed by atoms with Crippen molar-refractivity contribution in [3.63, 3.8) is 0 Å². The number of hydrogen-bond donors (Lipinski definition) is 2. The van der Waals surface area contributed by atoms with Gasteiger partial charge in [-0.1, -0.05) is 6.08 Å². The topological polar surface area (TPSA) is 49.7 Å². The first-order chi connectivity index (χ1) is 3.72. The second-order valence-corrected chi connectivity index (χ2v) is 1.55. The van der Waals surface area contributed by atoms with Crippen molar-refractivity contribution in [2.24, 2.45) is 0 Å². The summed E-state index contributed by atoms with van der Waals surface area (Å²) in [7, 11) is 0. The zero-order valence-electron chi connectivity index (χ0n) is 4.74. The second kappa shape index (κ2) is 3.60. The van der Waals surface area contributed by atoms with Gasteiger partial charge in [-0.2, -0.15) is 0 Å². The van der Waals surface area contributed by atoms with E-state index in [-0.39, 0.29) is 0 Å². The highest BCUT2D eigenvalue weighted by atomic mass is 17.1. The van der Waals surface area contributed by atoms with E-state index in [4.69, 9.17) is 10.4 Å². The minimum Gasteiger partial charge on any atom is -0.390 e. The van der Waals surface area contributed by atoms with Crippen molar-refractivity contribution < 1.29 is 15.3 Å². The van der Waals surface area contributed by atoms with Crippen LogP contribution in [0.2, 0.25) is 0 Å². The third-order valence-electron chi connectivity index (χ3n) is 0.829. The van der Waals surface area contributed by atoms with Gasteiger partial charge in [0, 0.05) is 0 Å². The van der Waals surface area contributed by atoms with Crippen molar-refractivity contribution in [2.45, 2.75) is 19.1 Å². The van der Waals surface area contributed by atoms with Gasteiger partial charge in [0.25, 0.3) is 0 Å². The fourth-order valence-electron chi connectivity index (χ4n) is 0.328. The molecule has 0 amide bonds. The highest BCUT2D eigenvalue weighted by molar-refractivity contribution is 4.82. The smallest absolute Gasteiger partial charge is 0.136 e. The lowest BCUT2D eigenvalue weighted by Gasteiger charge is -2.09. The maximum Gasteiger partial charge on any atom is 0.136 e. The molecule has 0 radical (unpaired) electrons. The summed E-state index contributed by atoms with van der Waals surface area (Å²) in [6, 6.07) is 0. The third kappa shape index (κ3) is 2.07. The molecular weight excluding hydrogens is 108 g/mol. The Morgan fingerprint density at radius 2 is 2.25 bits per heavy atom. The van der Waals surface area contributed by atoms with E-state index in [1.54, 1.807) is 0 Å². The highest BCUT2D eigenvalue weighted by Gasteiger charge is 2.09. The van der Waals surface area contributed by atoms with Crippen molar-refractivity contribution in [2.75, 3.05) is 0 Å². The van der Waals surface area contributed by atoms with Gasteiger partial charge in [0.15, 0.2) is 0 Å². The van der Waals surface area contributed by atoms with Gasteiger partial charge in [-0.05, 0) is 6.92 Å². The maximum absolute atomic E-state index is 8.66. The van der Waals surface area contributed by atoms with E-state index in [1.807, 2.05) is 0 Å². The van der Waals surface area contributed by atoms with Crippen LogP contribution >= 0.6 is 0 Å². The Morgan fingerprint density at radius 3 is 2.25 bits per heavy atom. The monoisotopic (exact) mass is 118 g/mol. The first-order valence-corrected chi connectivity index (χ1v) is 2.33. The molecule has 0 aliphatic rings. The van der Waals surface area contributed by atoms with Crippen LogP contribution < -0.4 is 0 Å². The first kappa shape index (κ1) is 7.62. The molecule has 48 valence electrons. The Labute approximate surface area is 48.1 Å². The van der Waals surface area contributed by atoms with Crippen molar-refractivity contribution in [1.82, 2.24) is 0 Å². The lowest BCUT2D eigenvalue weighted by Crippen LogP contribution is -2.22. The van der Waals surface area contributed by atoms with Gasteiger partial charge >= 0.3 is 0 Å². The van der Waals surface area contributed by atoms with Crippen LogP contribution in [0.3, 0.4) is 0 Å². The molecule has 0 saturated heterocycles. The second-order valence-electron chi connectivity index (χ2n) is 1.55. The molecule has 0 aliphatic carbocycles. The fourth-order valence-corrected chi connectivity index (χ4v) is 0.328. The van der Waals surface area contributed by atoms with Crippen LogP contribution in [0.15, 0.2) is 12.7 Å². The van der Waals surface area contributed by atoms with Gasteiger partial charge in [-0.25, -0.2) is 4.89 Å². The van der Waals surface area contributed by atoms with Crippen LogP contribution in [-0.4, -0.2) is 22.6 Å². The third-order valence-corrected chi connectivity index (χ3v) is 0.829. The van der Waals surface area contributed by atoms with Crippen LogP contribution in [-0.2, 0) is 4.89 Å². The summed E-state index contributed by atoms with van der Waals surface area (Å²) in [5.74, 6) is 0. The summed E-state index contributed by atoms with van der Waals surface area (Å²) in [6.07, 6.45) is -0.0579. The Kier molecular flexibility index (Phi) is 3.43. The molecule has 0 aromatic heterocycles. The number of aliphatic hydroxyl groups excluding tert-OH is 1. The molecule has 0 spiro atoms. The van der Waals surface area contributed by atoms with Crippen molar-refractivity contribution in [3.05, 3.63) is 12.7 Å². The molecule has 0 rings (SSSR count). The highest BCUT2D eigenvalue weighted by Crippen LogP contribution is 1.96. The predicted octanol–water partition coefficient (Wildman–Crippen LogP) is 0.411. The number of aliphatic hydroxyl groups is 1. The molecule has 0 aromatic carbocycles. The average Bonchev–Trinajstić information content (AvgIpc) is 1.69. The van der Waals surface area contributed by atoms with Gasteiger partial charge in [-0.3, -0.25) is 5.26 Å². The summed E-state index contributed by atoms with van der Waals surface area (Å²) in [5.41, 5.74) is 0. The van der Waals surface area contributed by atoms with E-state index >= 15 is 0 Å². The standard InChI is InChI=1S/C5H10O3/c1-3-5(8-7)4(2)6/h3-7H,1H2,2H3/t4-,5-/m1/s1. The van der Waals surface area contributed by atoms with E-state index in [2.05, 4.69) is 11.5 Å². The van der Waals surface area contributed by atoms with Crippen LogP contribution in [0.4, 0.5) is 0 Å². The summed E-state index contributed by atoms with van der Waals surface area (Å²) >= 11 is 0. The Hall–Kier alpha value is -0.380. The van der Waals surface area contributed by atoms with Crippen molar-refractivity contribution >= 4 is 0 Å². The lowest BCUT2D eigenvalue weighted by molar-refractivity contribution is -0.281. The van der Waals surface area contributed by atoms with Gasteiger partial charge in [0.05, 0.1) is 6.10 Å². The molecule has 0 aromatic rings. The summed E-state index contributed by atoms with van der Waals surface area (Å²) in [4.78, 5) is 3.79. The summed E-state index contributed by atoms with van der Waals surface area (Å²) in [5, 5.41) is 16.6. The van der Waals surface area contributed by atoms with Crippen LogP contribution in [0.1, 0.15) is 6.92 Å². The molecule has 2 N–H and O–H groups in total. The average molecular weight is 118 g/mol. The van der Waals surface area contributed by atoms with Crippen molar-refractivity contribution in [3.8, 4) is 0 Å². The molecular formula is C5H10O3. The zero-order chi connectivity index (χ0) is 6.57. The van der Waals surface area contributed by atoms with E-state index in [1.165, 1.54) is 13.0 Å². The molecule has 3 heteroatoms. The minimum absolute atomic E-state index is 0.671. The van der Waals surface area contributed by atoms with E-state index in [0.29, 0.717) is 0 Å². The molecule has 2 atom stereocenters. The summed E-state index contributed by atoms with van der Waals surface area (Å²) in [6.45, 7) is 4.81. The number of rotatable bonds is 3. The zero-order valence-corrected chi connectivity index (χ0v) is 4.74. The molecule has 0 aliphatic heterocycles. The van der Waals surface area contributed by atoms with Crippen molar-refractivity contribution in [1.29, 1.82) is 0 Å². The van der Waals surface area contributed by atoms with Crippen LogP contribution in [0, 0.1) is 0 Å². The van der Waals surface area contributed by atoms with E-state index in [0.717, 1.165) is 0 Å². The quantitative estimate of drug-likeness (QED) is 0.320. The molecule has 0 saturated carbocycles. The van der Waals surface area contributed by atoms with Gasteiger partial charge in [-0.15, -0.1) is 6.58 Å². The van der Waals surface area contributed by atoms with E-state index < -0.39 is 12.2 Å². The Morgan fingerprint density at radius 1 is 1.75 bits per heavy atom. The Bertz CT molecular complexity index is 70.1. The number of hydrogen-bond acceptors (Lipinski definition) is 3. The minimum atomic E-state index is -0.711. The normalized spacial score (nSPS) is 17.4. The van der Waals surface area contributed by atoms with Gasteiger partial charge < -0.3 is 5.11 Å². The predicted molar refractivity (Wildman–Crippen MR) is 29.4 cm³/mol. The molecule has 0 heterocycles. The molecule has 3 nitrogen and oxygen atoms in total. The molecule has 0 fully saturated rings. The van der Waals surface area contributed by atoms with Crippen LogP contribution in [0.25, 0.3) is 0 Å². The van der Waals surface area contributed by atoms with E-state index in [9.17, 15) is 0 Å². The molecule has 0 unspecified atom stereocenters. The van der Waals surface area contributed by atoms with Gasteiger partial charge in [0.1, 0.15) is 6.10 Å². The lowest BCUT2D eigenvalue weighted by atomic mass is 10.2. The molecule has 8 heavy (non-hydrogen) atoms. The fraction of sp³-hybridized carbons (Fsp3) is 0.600. The van der Waals surface area contributed by atoms with Crippen LogP contribution in [0.5, 0.6) is 0 Å². The molecule has 0 bridgehead atoms. The summed E-state index contributed by atoms with van der Waals surface area (Å²) < 4.78 is 0. The van der Waals surface area contributed by atoms with Gasteiger partial charge in [0.2, 0.25) is 0 Å².